The Morgan fingerprint density at radius 1 is 1.35 bits per heavy atom. The molecule has 0 aliphatic heterocycles. The second-order valence-electron chi connectivity index (χ2n) is 3.82. The molecule has 2 rings (SSSR count). The summed E-state index contributed by atoms with van der Waals surface area (Å²) < 4.78 is 0. The highest BCUT2D eigenvalue weighted by atomic mass is 16.4. The number of rotatable bonds is 2. The molecule has 1 aromatic heterocycles. The number of aliphatic carboxylic acids is 1. The first-order valence-corrected chi connectivity index (χ1v) is 5.11. The zero-order chi connectivity index (χ0) is 12.4. The van der Waals surface area contributed by atoms with Crippen LogP contribution < -0.4 is 5.56 Å². The van der Waals surface area contributed by atoms with Gasteiger partial charge in [-0.2, -0.15) is 0 Å². The largest absolute Gasteiger partial charge is 0.478 e. The van der Waals surface area contributed by atoms with E-state index in [-0.39, 0.29) is 5.56 Å². The van der Waals surface area contributed by atoms with E-state index in [4.69, 9.17) is 5.11 Å². The first kappa shape index (κ1) is 11.1. The van der Waals surface area contributed by atoms with E-state index in [9.17, 15) is 9.59 Å². The van der Waals surface area contributed by atoms with Crippen LogP contribution in [0.4, 0.5) is 0 Å². The normalized spacial score (nSPS) is 11.1. The van der Waals surface area contributed by atoms with Gasteiger partial charge in [0.2, 0.25) is 0 Å². The number of carboxylic acid groups (broad SMARTS) is 1. The Kier molecular flexibility index (Phi) is 2.78. The van der Waals surface area contributed by atoms with Gasteiger partial charge in [0, 0.05) is 17.2 Å². The highest BCUT2D eigenvalue weighted by Crippen LogP contribution is 2.13. The number of carboxylic acids is 1. The summed E-state index contributed by atoms with van der Waals surface area (Å²) in [5.41, 5.74) is 1.86. The van der Waals surface area contributed by atoms with E-state index < -0.39 is 5.97 Å². The Hall–Kier alpha value is -2.36. The predicted molar refractivity (Wildman–Crippen MR) is 66.0 cm³/mol. The maximum absolute atomic E-state index is 11.7. The molecular formula is C13H11NO3. The molecule has 2 N–H and O–H groups in total. The monoisotopic (exact) mass is 229 g/mol. The van der Waals surface area contributed by atoms with Gasteiger partial charge in [-0.25, -0.2) is 4.79 Å². The summed E-state index contributed by atoms with van der Waals surface area (Å²) in [6.45, 7) is 1.94. The van der Waals surface area contributed by atoms with E-state index in [1.165, 1.54) is 6.08 Å². The lowest BCUT2D eigenvalue weighted by molar-refractivity contribution is -0.131. The van der Waals surface area contributed by atoms with Gasteiger partial charge in [-0.05, 0) is 36.1 Å². The summed E-state index contributed by atoms with van der Waals surface area (Å²) in [4.78, 5) is 24.8. The quantitative estimate of drug-likeness (QED) is 0.773. The van der Waals surface area contributed by atoms with Gasteiger partial charge in [0.1, 0.15) is 0 Å². The molecule has 0 radical (unpaired) electrons. The summed E-state index contributed by atoms with van der Waals surface area (Å²) in [5.74, 6) is -1.08. The smallest absolute Gasteiger partial charge is 0.328 e. The highest BCUT2D eigenvalue weighted by Gasteiger charge is 2.00. The molecule has 17 heavy (non-hydrogen) atoms. The van der Waals surface area contributed by atoms with Crippen molar-refractivity contribution in [3.05, 3.63) is 51.8 Å². The van der Waals surface area contributed by atoms with Crippen LogP contribution >= 0.6 is 0 Å². The number of hydrogen-bond acceptors (Lipinski definition) is 2. The Labute approximate surface area is 97.2 Å². The lowest BCUT2D eigenvalue weighted by Crippen LogP contribution is -2.09. The predicted octanol–water partition coefficient (Wildman–Crippen LogP) is 1.93. The van der Waals surface area contributed by atoms with Crippen molar-refractivity contribution in [2.24, 2.45) is 0 Å². The molecule has 86 valence electrons. The van der Waals surface area contributed by atoms with Gasteiger partial charge in [-0.3, -0.25) is 4.79 Å². The van der Waals surface area contributed by atoms with Crippen molar-refractivity contribution in [3.8, 4) is 0 Å². The van der Waals surface area contributed by atoms with Crippen LogP contribution in [0, 0.1) is 6.92 Å². The first-order valence-electron chi connectivity index (χ1n) is 5.11. The van der Waals surface area contributed by atoms with E-state index >= 15 is 0 Å². The molecule has 0 aliphatic rings. The summed E-state index contributed by atoms with van der Waals surface area (Å²) in [6.07, 6.45) is 2.24. The molecule has 0 amide bonds. The highest BCUT2D eigenvalue weighted by molar-refractivity contribution is 5.87. The van der Waals surface area contributed by atoms with E-state index in [0.29, 0.717) is 5.56 Å². The number of hydrogen-bond donors (Lipinski definition) is 2. The number of aryl methyl sites for hydroxylation is 1. The van der Waals surface area contributed by atoms with Gasteiger partial charge >= 0.3 is 5.97 Å². The standard InChI is InChI=1S/C13H11NO3/c1-8-2-3-9-7-10(4-5-12(15)16)13(17)14-11(9)6-8/h2-7H,1H3,(H,14,17)(H,15,16)/b5-4+. The topological polar surface area (TPSA) is 70.2 Å². The Bertz CT molecular complexity index is 668. The Balaban J connectivity index is 2.60. The third kappa shape index (κ3) is 2.42. The molecule has 0 bridgehead atoms. The van der Waals surface area contributed by atoms with Gasteiger partial charge in [0.15, 0.2) is 0 Å². The van der Waals surface area contributed by atoms with E-state index in [2.05, 4.69) is 4.98 Å². The van der Waals surface area contributed by atoms with Crippen molar-refractivity contribution in [2.45, 2.75) is 6.92 Å². The van der Waals surface area contributed by atoms with E-state index in [1.54, 1.807) is 6.07 Å². The van der Waals surface area contributed by atoms with Gasteiger partial charge in [-0.15, -0.1) is 0 Å². The number of benzene rings is 1. The molecule has 0 unspecified atom stereocenters. The van der Waals surface area contributed by atoms with Crippen molar-refractivity contribution in [3.63, 3.8) is 0 Å². The van der Waals surface area contributed by atoms with Crippen LogP contribution in [0.5, 0.6) is 0 Å². The first-order chi connectivity index (χ1) is 8.06. The van der Waals surface area contributed by atoms with Crippen LogP contribution in [-0.4, -0.2) is 16.1 Å². The summed E-state index contributed by atoms with van der Waals surface area (Å²) >= 11 is 0. The minimum atomic E-state index is -1.08. The molecule has 0 atom stereocenters. The molecule has 4 heteroatoms. The molecule has 0 spiro atoms. The average molecular weight is 229 g/mol. The maximum atomic E-state index is 11.7. The van der Waals surface area contributed by atoms with Crippen LogP contribution in [0.2, 0.25) is 0 Å². The Morgan fingerprint density at radius 2 is 2.12 bits per heavy atom. The fourth-order valence-electron chi connectivity index (χ4n) is 1.62. The van der Waals surface area contributed by atoms with Crippen molar-refractivity contribution < 1.29 is 9.90 Å². The number of pyridine rings is 1. The minimum absolute atomic E-state index is 0.291. The average Bonchev–Trinajstić information content (AvgIpc) is 2.26. The molecule has 4 nitrogen and oxygen atoms in total. The van der Waals surface area contributed by atoms with Crippen LogP contribution in [0.1, 0.15) is 11.1 Å². The maximum Gasteiger partial charge on any atom is 0.328 e. The number of nitrogens with one attached hydrogen (secondary N) is 1. The molecule has 0 aliphatic carbocycles. The molecule has 0 saturated carbocycles. The van der Waals surface area contributed by atoms with Crippen molar-refractivity contribution in [2.75, 3.05) is 0 Å². The number of carbonyl (C=O) groups is 1. The molecular weight excluding hydrogens is 218 g/mol. The van der Waals surface area contributed by atoms with Gasteiger partial charge in [-0.1, -0.05) is 12.1 Å². The van der Waals surface area contributed by atoms with Crippen LogP contribution in [-0.2, 0) is 4.79 Å². The number of aromatic nitrogens is 1. The number of fused-ring (bicyclic) bond motifs is 1. The van der Waals surface area contributed by atoms with Crippen LogP contribution in [0.25, 0.3) is 17.0 Å². The number of aromatic amines is 1. The molecule has 1 heterocycles. The van der Waals surface area contributed by atoms with Crippen molar-refractivity contribution >= 4 is 22.9 Å². The van der Waals surface area contributed by atoms with E-state index in [0.717, 1.165) is 22.5 Å². The zero-order valence-corrected chi connectivity index (χ0v) is 9.23. The fraction of sp³-hybridized carbons (Fsp3) is 0.0769. The van der Waals surface area contributed by atoms with E-state index in [1.807, 2.05) is 25.1 Å². The second kappa shape index (κ2) is 4.25. The van der Waals surface area contributed by atoms with Crippen LogP contribution in [0.15, 0.2) is 35.1 Å². The lowest BCUT2D eigenvalue weighted by atomic mass is 10.1. The fourth-order valence-corrected chi connectivity index (χ4v) is 1.62. The Morgan fingerprint density at radius 3 is 2.82 bits per heavy atom. The SMILES string of the molecule is Cc1ccc2cc(/C=C/C(=O)O)c(=O)[nH]c2c1. The molecule has 0 fully saturated rings. The van der Waals surface area contributed by atoms with Gasteiger partial charge in [0.05, 0.1) is 0 Å². The van der Waals surface area contributed by atoms with Crippen LogP contribution in [0.3, 0.4) is 0 Å². The van der Waals surface area contributed by atoms with Gasteiger partial charge in [0.25, 0.3) is 5.56 Å². The van der Waals surface area contributed by atoms with Gasteiger partial charge < -0.3 is 10.1 Å². The zero-order valence-electron chi connectivity index (χ0n) is 9.23. The lowest BCUT2D eigenvalue weighted by Gasteiger charge is -2.00. The van der Waals surface area contributed by atoms with Crippen molar-refractivity contribution in [1.82, 2.24) is 4.98 Å². The minimum Gasteiger partial charge on any atom is -0.478 e. The second-order valence-corrected chi connectivity index (χ2v) is 3.82. The third-order valence-electron chi connectivity index (χ3n) is 2.44. The molecule has 2 aromatic rings. The van der Waals surface area contributed by atoms with Crippen molar-refractivity contribution in [1.29, 1.82) is 0 Å². The molecule has 0 saturated heterocycles. The molecule has 1 aromatic carbocycles. The third-order valence-corrected chi connectivity index (χ3v) is 2.44. The number of H-pyrrole nitrogens is 1. The summed E-state index contributed by atoms with van der Waals surface area (Å²) in [7, 11) is 0. The summed E-state index contributed by atoms with van der Waals surface area (Å²) in [5, 5.41) is 9.39. The summed E-state index contributed by atoms with van der Waals surface area (Å²) in [6, 6.07) is 7.37.